The topological polar surface area (TPSA) is 55.4 Å². The first-order chi connectivity index (χ1) is 7.63. The van der Waals surface area contributed by atoms with Gasteiger partial charge in [-0.1, -0.05) is 19.1 Å². The van der Waals surface area contributed by atoms with Crippen LogP contribution in [-0.2, 0) is 14.3 Å². The third-order valence-electron chi connectivity index (χ3n) is 1.80. The molecule has 1 rings (SSSR count). The molecule has 0 heterocycles. The predicted molar refractivity (Wildman–Crippen MR) is 64.0 cm³/mol. The van der Waals surface area contributed by atoms with Crippen LogP contribution in [0.2, 0.25) is 0 Å². The lowest BCUT2D eigenvalue weighted by Crippen LogP contribution is -2.20. The third-order valence-corrected chi connectivity index (χ3v) is 2.49. The molecule has 0 atom stereocenters. The van der Waals surface area contributed by atoms with Gasteiger partial charge in [-0.3, -0.25) is 9.59 Å². The molecule has 0 aliphatic heterocycles. The van der Waals surface area contributed by atoms with Gasteiger partial charge in [0.15, 0.2) is 6.61 Å². The number of carbonyl (C=O) groups excluding carboxylic acids is 2. The van der Waals surface area contributed by atoms with Crippen LogP contribution in [0.5, 0.6) is 0 Å². The minimum Gasteiger partial charge on any atom is -0.456 e. The van der Waals surface area contributed by atoms with Crippen molar-refractivity contribution in [1.29, 1.82) is 0 Å². The molecule has 1 aromatic carbocycles. The average molecular weight is 286 g/mol. The molecule has 4 nitrogen and oxygen atoms in total. The Balaban J connectivity index is 2.46. The molecule has 0 aromatic heterocycles. The highest BCUT2D eigenvalue weighted by Crippen LogP contribution is 2.20. The maximum absolute atomic E-state index is 11.4. The largest absolute Gasteiger partial charge is 0.456 e. The van der Waals surface area contributed by atoms with Gasteiger partial charge in [-0.05, 0) is 28.1 Å². The summed E-state index contributed by atoms with van der Waals surface area (Å²) in [6, 6.07) is 7.21. The van der Waals surface area contributed by atoms with Crippen LogP contribution in [0.15, 0.2) is 28.7 Å². The van der Waals surface area contributed by atoms with Crippen LogP contribution in [0.1, 0.15) is 13.3 Å². The van der Waals surface area contributed by atoms with E-state index in [-0.39, 0.29) is 24.9 Å². The number of para-hydroxylation sites is 1. The van der Waals surface area contributed by atoms with E-state index >= 15 is 0 Å². The normalized spacial score (nSPS) is 9.62. The van der Waals surface area contributed by atoms with E-state index in [1.165, 1.54) is 0 Å². The molecule has 0 aliphatic rings. The molecule has 0 saturated heterocycles. The van der Waals surface area contributed by atoms with E-state index in [2.05, 4.69) is 21.2 Å². The summed E-state index contributed by atoms with van der Waals surface area (Å²) in [6.45, 7) is 1.42. The van der Waals surface area contributed by atoms with Crippen molar-refractivity contribution in [2.75, 3.05) is 11.9 Å². The Morgan fingerprint density at radius 3 is 2.69 bits per heavy atom. The minimum absolute atomic E-state index is 0.256. The zero-order chi connectivity index (χ0) is 12.0. The third kappa shape index (κ3) is 4.02. The van der Waals surface area contributed by atoms with Crippen molar-refractivity contribution in [3.63, 3.8) is 0 Å². The van der Waals surface area contributed by atoms with Gasteiger partial charge in [0, 0.05) is 10.9 Å². The minimum atomic E-state index is -0.387. The van der Waals surface area contributed by atoms with Gasteiger partial charge in [-0.15, -0.1) is 0 Å². The van der Waals surface area contributed by atoms with Crippen LogP contribution < -0.4 is 5.32 Å². The molecule has 0 aliphatic carbocycles. The fourth-order valence-corrected chi connectivity index (χ4v) is 1.38. The van der Waals surface area contributed by atoms with Gasteiger partial charge in [0.05, 0.1) is 5.69 Å². The molecule has 5 heteroatoms. The van der Waals surface area contributed by atoms with Crippen LogP contribution in [0.4, 0.5) is 5.69 Å². The highest BCUT2D eigenvalue weighted by Gasteiger charge is 2.07. The number of benzene rings is 1. The number of carbonyl (C=O) groups is 2. The smallest absolute Gasteiger partial charge is 0.306 e. The summed E-state index contributed by atoms with van der Waals surface area (Å²) in [6.07, 6.45) is 0.266. The van der Waals surface area contributed by atoms with Crippen LogP contribution in [0, 0.1) is 0 Å². The number of anilines is 1. The summed E-state index contributed by atoms with van der Waals surface area (Å²) < 4.78 is 5.48. The second kappa shape index (κ2) is 6.27. The van der Waals surface area contributed by atoms with Crippen molar-refractivity contribution in [2.45, 2.75) is 13.3 Å². The zero-order valence-corrected chi connectivity index (χ0v) is 10.4. The highest BCUT2D eigenvalue weighted by atomic mass is 79.9. The average Bonchev–Trinajstić information content (AvgIpc) is 2.29. The number of esters is 1. The van der Waals surface area contributed by atoms with E-state index in [4.69, 9.17) is 4.74 Å². The number of amides is 1. The molecule has 86 valence electrons. The van der Waals surface area contributed by atoms with Gasteiger partial charge in [0.1, 0.15) is 0 Å². The summed E-state index contributed by atoms with van der Waals surface area (Å²) in [5.41, 5.74) is 0.653. The Hall–Kier alpha value is -1.36. The zero-order valence-electron chi connectivity index (χ0n) is 8.83. The number of halogens is 1. The quantitative estimate of drug-likeness (QED) is 0.864. The first kappa shape index (κ1) is 12.7. The van der Waals surface area contributed by atoms with E-state index in [1.54, 1.807) is 19.1 Å². The fourth-order valence-electron chi connectivity index (χ4n) is 0.997. The highest BCUT2D eigenvalue weighted by molar-refractivity contribution is 9.10. The second-order valence-corrected chi connectivity index (χ2v) is 3.90. The molecule has 16 heavy (non-hydrogen) atoms. The van der Waals surface area contributed by atoms with E-state index in [0.717, 1.165) is 4.47 Å². The Labute approximate surface area is 102 Å². The lowest BCUT2D eigenvalue weighted by Gasteiger charge is -2.07. The second-order valence-electron chi connectivity index (χ2n) is 3.04. The molecule has 0 fully saturated rings. The van der Waals surface area contributed by atoms with Crippen LogP contribution in [0.3, 0.4) is 0 Å². The number of nitrogens with one attached hydrogen (secondary N) is 1. The van der Waals surface area contributed by atoms with Crippen molar-refractivity contribution in [2.24, 2.45) is 0 Å². The molecular formula is C11H12BrNO3. The number of hydrogen-bond donors (Lipinski definition) is 1. The summed E-state index contributed by atoms with van der Waals surface area (Å²) in [4.78, 5) is 22.2. The molecule has 0 saturated carbocycles. The van der Waals surface area contributed by atoms with E-state index in [9.17, 15) is 9.59 Å². The molecule has 1 amide bonds. The van der Waals surface area contributed by atoms with Crippen LogP contribution in [0.25, 0.3) is 0 Å². The summed E-state index contributed by atoms with van der Waals surface area (Å²) in [7, 11) is 0. The Kier molecular flexibility index (Phi) is 4.98. The van der Waals surface area contributed by atoms with E-state index in [0.29, 0.717) is 5.69 Å². The van der Waals surface area contributed by atoms with E-state index in [1.807, 2.05) is 12.1 Å². The van der Waals surface area contributed by atoms with Crippen LogP contribution >= 0.6 is 15.9 Å². The molecule has 1 N–H and O–H groups in total. The predicted octanol–water partition coefficient (Wildman–Crippen LogP) is 2.34. The van der Waals surface area contributed by atoms with Gasteiger partial charge >= 0.3 is 5.97 Å². The summed E-state index contributed by atoms with van der Waals surface area (Å²) in [5, 5.41) is 2.63. The summed E-state index contributed by atoms with van der Waals surface area (Å²) >= 11 is 3.30. The lowest BCUT2D eigenvalue weighted by atomic mass is 10.3. The first-order valence-electron chi connectivity index (χ1n) is 4.83. The molecule has 0 spiro atoms. The standard InChI is InChI=1S/C11H12BrNO3/c1-2-11(15)16-7-10(14)13-9-6-4-3-5-8(9)12/h3-6H,2,7H2,1H3,(H,13,14). The van der Waals surface area contributed by atoms with Gasteiger partial charge < -0.3 is 10.1 Å². The van der Waals surface area contributed by atoms with Crippen molar-refractivity contribution >= 4 is 33.5 Å². The molecule has 1 aromatic rings. The van der Waals surface area contributed by atoms with Gasteiger partial charge in [-0.2, -0.15) is 0 Å². The molecular weight excluding hydrogens is 274 g/mol. The Morgan fingerprint density at radius 1 is 1.38 bits per heavy atom. The van der Waals surface area contributed by atoms with Crippen molar-refractivity contribution in [3.05, 3.63) is 28.7 Å². The van der Waals surface area contributed by atoms with Crippen molar-refractivity contribution in [1.82, 2.24) is 0 Å². The van der Waals surface area contributed by atoms with Crippen LogP contribution in [-0.4, -0.2) is 18.5 Å². The molecule has 0 radical (unpaired) electrons. The number of hydrogen-bond acceptors (Lipinski definition) is 3. The lowest BCUT2D eigenvalue weighted by molar-refractivity contribution is -0.146. The van der Waals surface area contributed by atoms with E-state index < -0.39 is 0 Å². The summed E-state index contributed by atoms with van der Waals surface area (Å²) in [5.74, 6) is -0.740. The number of rotatable bonds is 4. The molecule has 0 unspecified atom stereocenters. The fraction of sp³-hybridized carbons (Fsp3) is 0.273. The number of ether oxygens (including phenoxy) is 1. The van der Waals surface area contributed by atoms with Crippen molar-refractivity contribution < 1.29 is 14.3 Å². The maximum Gasteiger partial charge on any atom is 0.306 e. The first-order valence-corrected chi connectivity index (χ1v) is 5.62. The Bertz CT molecular complexity index is 393. The Morgan fingerprint density at radius 2 is 2.06 bits per heavy atom. The van der Waals surface area contributed by atoms with Gasteiger partial charge in [0.2, 0.25) is 0 Å². The SMILES string of the molecule is CCC(=O)OCC(=O)Nc1ccccc1Br. The maximum atomic E-state index is 11.4. The van der Waals surface area contributed by atoms with Gasteiger partial charge in [-0.25, -0.2) is 0 Å². The van der Waals surface area contributed by atoms with Gasteiger partial charge in [0.25, 0.3) is 5.91 Å². The monoisotopic (exact) mass is 285 g/mol. The van der Waals surface area contributed by atoms with Crippen molar-refractivity contribution in [3.8, 4) is 0 Å². The molecule has 0 bridgehead atoms.